The van der Waals surface area contributed by atoms with E-state index in [1.165, 1.54) is 0 Å². The van der Waals surface area contributed by atoms with Crippen molar-refractivity contribution < 1.29 is 45.2 Å². The number of aliphatic hydroxyl groups excluding tert-OH is 2. The first kappa shape index (κ1) is 10.2. The van der Waals surface area contributed by atoms with Gasteiger partial charge in [-0.1, -0.05) is 0 Å². The van der Waals surface area contributed by atoms with Crippen LogP contribution in [0.4, 0.5) is 0 Å². The Labute approximate surface area is 69.0 Å². The van der Waals surface area contributed by atoms with E-state index in [9.17, 15) is 9.59 Å². The summed E-state index contributed by atoms with van der Waals surface area (Å²) in [4.78, 5) is 27.6. The average Bonchev–Trinajstić information content (AvgIpc) is 1.99. The number of aliphatic hydroxyl groups is 2. The quantitative estimate of drug-likeness (QED) is 0.308. The zero-order chi connectivity index (χ0) is 8.85. The molecule has 0 aliphatic carbocycles. The first-order chi connectivity index (χ1) is 5.07. The summed E-state index contributed by atoms with van der Waals surface area (Å²) in [7, 11) is 0. The van der Waals surface area contributed by atoms with E-state index in [0.29, 0.717) is 0 Å². The summed E-state index contributed by atoms with van der Waals surface area (Å²) in [5, 5.41) is 16.3. The van der Waals surface area contributed by atoms with Crippen LogP contribution in [-0.4, -0.2) is 33.4 Å². The van der Waals surface area contributed by atoms with Crippen LogP contribution in [0, 0.1) is 0 Å². The molecule has 0 aliphatic heterocycles. The van der Waals surface area contributed by atoms with Crippen LogP contribution in [0.2, 0.25) is 0 Å². The van der Waals surface area contributed by atoms with E-state index in [4.69, 9.17) is 10.2 Å². The van der Waals surface area contributed by atoms with Gasteiger partial charge < -0.3 is 0 Å². The van der Waals surface area contributed by atoms with Gasteiger partial charge in [-0.2, -0.15) is 0 Å². The molecular formula is C4H4FeO6. The van der Waals surface area contributed by atoms with Crippen molar-refractivity contribution in [2.75, 3.05) is 6.61 Å². The average molecular weight is 204 g/mol. The van der Waals surface area contributed by atoms with Crippen molar-refractivity contribution in [2.24, 2.45) is 0 Å². The van der Waals surface area contributed by atoms with E-state index in [-0.39, 0.29) is 0 Å². The number of hydrogen-bond acceptors (Lipinski definition) is 6. The second kappa shape index (κ2) is 4.97. The molecule has 0 rings (SSSR count). The monoisotopic (exact) mass is 204 g/mol. The number of rotatable bonds is 2. The molecule has 11 heavy (non-hydrogen) atoms. The summed E-state index contributed by atoms with van der Waals surface area (Å²) in [5.41, 5.74) is 0. The Kier molecular flexibility index (Phi) is 4.63. The van der Waals surface area contributed by atoms with Gasteiger partial charge in [0, 0.05) is 0 Å². The van der Waals surface area contributed by atoms with Gasteiger partial charge in [0.15, 0.2) is 0 Å². The van der Waals surface area contributed by atoms with E-state index in [2.05, 4.69) is 25.4 Å². The normalized spacial score (nSPS) is 8.64. The summed E-state index contributed by atoms with van der Waals surface area (Å²) in [6, 6.07) is 0. The molecule has 0 saturated heterocycles. The molecule has 7 heteroatoms. The van der Waals surface area contributed by atoms with Gasteiger partial charge >= 0.3 is 68.3 Å². The topological polar surface area (TPSA) is 93.1 Å². The molecule has 0 aromatic heterocycles. The Balaban J connectivity index is 3.63. The van der Waals surface area contributed by atoms with E-state index < -0.39 is 23.1 Å². The van der Waals surface area contributed by atoms with Crippen molar-refractivity contribution in [1.82, 2.24) is 0 Å². The number of carbonyl (C=O) groups excluding carboxylic acids is 2. The number of carbonyl (C=O) groups is 2. The SMILES string of the molecule is O=C(CO)OOC(=O)[C](O)=[Fe]. The van der Waals surface area contributed by atoms with Crippen LogP contribution >= 0.6 is 0 Å². The van der Waals surface area contributed by atoms with Gasteiger partial charge in [-0.25, -0.2) is 0 Å². The maximum absolute atomic E-state index is 10.2. The Bertz CT molecular complexity index is 187. The van der Waals surface area contributed by atoms with Crippen molar-refractivity contribution in [3.05, 3.63) is 0 Å². The molecule has 0 saturated carbocycles. The minimum atomic E-state index is -1.29. The second-order valence-corrected chi connectivity index (χ2v) is 1.79. The van der Waals surface area contributed by atoms with Crippen molar-refractivity contribution in [1.29, 1.82) is 0 Å². The minimum absolute atomic E-state index is 0.893. The van der Waals surface area contributed by atoms with Crippen molar-refractivity contribution in [2.45, 2.75) is 0 Å². The van der Waals surface area contributed by atoms with Crippen LogP contribution in [0.25, 0.3) is 0 Å². The van der Waals surface area contributed by atoms with Crippen molar-refractivity contribution in [3.8, 4) is 0 Å². The molecule has 0 heterocycles. The molecule has 0 aliphatic rings. The summed E-state index contributed by atoms with van der Waals surface area (Å²) >= 11 is 2.79. The predicted octanol–water partition coefficient (Wildman–Crippen LogP) is -1.97. The van der Waals surface area contributed by atoms with Gasteiger partial charge in [-0.3, -0.25) is 0 Å². The summed E-state index contributed by atoms with van der Waals surface area (Å²) < 4.78 is -0.893. The molecule has 0 bridgehead atoms. The molecule has 0 atom stereocenters. The molecule has 0 amide bonds. The molecule has 0 spiro atoms. The van der Waals surface area contributed by atoms with Crippen LogP contribution in [0.5, 0.6) is 0 Å². The van der Waals surface area contributed by atoms with Crippen LogP contribution < -0.4 is 0 Å². The van der Waals surface area contributed by atoms with E-state index >= 15 is 0 Å². The fraction of sp³-hybridized carbons (Fsp3) is 0.250. The third-order valence-electron chi connectivity index (χ3n) is 0.503. The van der Waals surface area contributed by atoms with E-state index in [0.717, 1.165) is 0 Å². The fourth-order valence-electron chi connectivity index (χ4n) is 0.144. The number of hydrogen-bond donors (Lipinski definition) is 2. The zero-order valence-corrected chi connectivity index (χ0v) is 6.19. The molecule has 0 radical (unpaired) electrons. The Hall–Kier alpha value is -0.751. The Morgan fingerprint density at radius 2 is 1.91 bits per heavy atom. The molecule has 0 aromatic carbocycles. The molecule has 0 fully saturated rings. The first-order valence-corrected chi connectivity index (χ1v) is 2.86. The second-order valence-electron chi connectivity index (χ2n) is 1.26. The fourth-order valence-corrected chi connectivity index (χ4v) is 0.190. The third kappa shape index (κ3) is 4.63. The van der Waals surface area contributed by atoms with Gasteiger partial charge in [0.05, 0.1) is 0 Å². The van der Waals surface area contributed by atoms with Crippen LogP contribution in [0.3, 0.4) is 0 Å². The van der Waals surface area contributed by atoms with Gasteiger partial charge in [0.2, 0.25) is 0 Å². The van der Waals surface area contributed by atoms with Gasteiger partial charge in [-0.15, -0.1) is 0 Å². The summed E-state index contributed by atoms with van der Waals surface area (Å²) in [6.07, 6.45) is 0. The van der Waals surface area contributed by atoms with Crippen LogP contribution in [0.1, 0.15) is 0 Å². The summed E-state index contributed by atoms with van der Waals surface area (Å²) in [6.45, 7) is -0.912. The van der Waals surface area contributed by atoms with E-state index in [1.54, 1.807) is 0 Å². The van der Waals surface area contributed by atoms with Crippen molar-refractivity contribution >= 4 is 16.5 Å². The first-order valence-electron chi connectivity index (χ1n) is 2.30. The van der Waals surface area contributed by atoms with E-state index in [1.807, 2.05) is 0 Å². The van der Waals surface area contributed by atoms with Crippen molar-refractivity contribution in [3.63, 3.8) is 0 Å². The zero-order valence-electron chi connectivity index (χ0n) is 5.09. The molecule has 64 valence electrons. The predicted molar refractivity (Wildman–Crippen MR) is 26.2 cm³/mol. The maximum atomic E-state index is 10.2. The van der Waals surface area contributed by atoms with Gasteiger partial charge in [-0.05, 0) is 0 Å². The third-order valence-corrected chi connectivity index (χ3v) is 0.728. The molecule has 6 nitrogen and oxygen atoms in total. The summed E-state index contributed by atoms with van der Waals surface area (Å²) in [5.74, 6) is -2.42. The van der Waals surface area contributed by atoms with Crippen LogP contribution in [-0.2, 0) is 34.9 Å². The molecule has 0 aromatic rings. The standard InChI is InChI=1S/C4H4O6.Fe/c5-1-3(7)9-10-4(8)2-6;/h5-6H,1H2;. The van der Waals surface area contributed by atoms with Crippen LogP contribution in [0.15, 0.2) is 0 Å². The molecule has 0 unspecified atom stereocenters. The molecular weight excluding hydrogens is 200 g/mol. The van der Waals surface area contributed by atoms with Gasteiger partial charge in [0.25, 0.3) is 0 Å². The molecule has 2 N–H and O–H groups in total. The Morgan fingerprint density at radius 1 is 1.36 bits per heavy atom. The van der Waals surface area contributed by atoms with Gasteiger partial charge in [0.1, 0.15) is 0 Å². The Morgan fingerprint density at radius 3 is 2.27 bits per heavy atom.